The highest BCUT2D eigenvalue weighted by Gasteiger charge is 2.44. The van der Waals surface area contributed by atoms with Crippen LogP contribution >= 0.6 is 0 Å². The van der Waals surface area contributed by atoms with Gasteiger partial charge in [-0.05, 0) is 92.2 Å². The van der Waals surface area contributed by atoms with Gasteiger partial charge in [0.2, 0.25) is 6.71 Å². The first-order valence-corrected chi connectivity index (χ1v) is 19.5. The summed E-state index contributed by atoms with van der Waals surface area (Å²) in [6.45, 7) is 6.95. The summed E-state index contributed by atoms with van der Waals surface area (Å²) in [4.78, 5) is 2.54. The molecule has 0 saturated heterocycles. The topological polar surface area (TPSA) is 29.5 Å². The van der Waals surface area contributed by atoms with Crippen molar-refractivity contribution in [2.24, 2.45) is 0 Å². The van der Waals surface area contributed by atoms with Crippen LogP contribution in [0.2, 0.25) is 0 Å². The molecule has 264 valence electrons. The number of para-hydroxylation sites is 2. The van der Waals surface area contributed by atoms with Crippen LogP contribution in [0.1, 0.15) is 26.3 Å². The van der Waals surface area contributed by atoms with Crippen LogP contribution in [0.15, 0.2) is 173 Å². The van der Waals surface area contributed by atoms with Crippen LogP contribution in [-0.4, -0.2) is 6.71 Å². The summed E-state index contributed by atoms with van der Waals surface area (Å²) < 4.78 is 13.1. The van der Waals surface area contributed by atoms with Crippen LogP contribution in [0, 0.1) is 0 Å². The third-order valence-electron chi connectivity index (χ3n) is 12.2. The van der Waals surface area contributed by atoms with Crippen LogP contribution in [0.3, 0.4) is 0 Å². The Morgan fingerprint density at radius 3 is 1.96 bits per heavy atom. The third-order valence-corrected chi connectivity index (χ3v) is 12.2. The number of anilines is 3. The molecule has 0 spiro atoms. The number of hydrogen-bond donors (Lipinski definition) is 0. The Hall–Kier alpha value is -6.78. The van der Waals surface area contributed by atoms with Gasteiger partial charge in [0.25, 0.3) is 0 Å². The van der Waals surface area contributed by atoms with E-state index < -0.39 is 0 Å². The molecule has 56 heavy (non-hydrogen) atoms. The van der Waals surface area contributed by atoms with E-state index in [4.69, 9.17) is 8.83 Å². The van der Waals surface area contributed by atoms with Crippen LogP contribution < -0.4 is 21.3 Å². The van der Waals surface area contributed by atoms with Gasteiger partial charge in [0, 0.05) is 44.5 Å². The van der Waals surface area contributed by atoms with Gasteiger partial charge in [-0.25, -0.2) is 0 Å². The highest BCUT2D eigenvalue weighted by molar-refractivity contribution is 7.01. The molecule has 0 bridgehead atoms. The second-order valence-electron chi connectivity index (χ2n) is 16.4. The molecule has 12 rings (SSSR count). The summed E-state index contributed by atoms with van der Waals surface area (Å²) >= 11 is 0. The summed E-state index contributed by atoms with van der Waals surface area (Å²) in [5.41, 5.74) is 19.6. The molecule has 3 nitrogen and oxygen atoms in total. The van der Waals surface area contributed by atoms with Gasteiger partial charge in [0.1, 0.15) is 22.3 Å². The Labute approximate surface area is 325 Å². The van der Waals surface area contributed by atoms with Crippen LogP contribution in [0.4, 0.5) is 17.1 Å². The van der Waals surface area contributed by atoms with E-state index in [2.05, 4.69) is 183 Å². The third kappa shape index (κ3) is 4.41. The summed E-state index contributed by atoms with van der Waals surface area (Å²) in [7, 11) is 0. The fourth-order valence-corrected chi connectivity index (χ4v) is 9.63. The maximum absolute atomic E-state index is 6.66. The molecule has 0 saturated carbocycles. The van der Waals surface area contributed by atoms with Gasteiger partial charge < -0.3 is 13.7 Å². The lowest BCUT2D eigenvalue weighted by atomic mass is 9.37. The number of fused-ring (bicyclic) bond motifs is 11. The maximum atomic E-state index is 6.66. The van der Waals surface area contributed by atoms with Gasteiger partial charge in [-0.2, -0.15) is 0 Å². The molecule has 2 aliphatic rings. The molecule has 4 heteroatoms. The average Bonchev–Trinajstić information content (AvgIpc) is 3.90. The molecule has 10 aromatic rings. The Morgan fingerprint density at radius 2 is 1.12 bits per heavy atom. The second kappa shape index (κ2) is 11.4. The van der Waals surface area contributed by atoms with E-state index in [-0.39, 0.29) is 12.1 Å². The van der Waals surface area contributed by atoms with E-state index in [1.807, 2.05) is 6.07 Å². The Bertz CT molecular complexity index is 3250. The van der Waals surface area contributed by atoms with E-state index in [1.165, 1.54) is 49.9 Å². The zero-order chi connectivity index (χ0) is 37.3. The highest BCUT2D eigenvalue weighted by Crippen LogP contribution is 2.49. The first-order chi connectivity index (χ1) is 27.4. The molecule has 0 aliphatic carbocycles. The number of hydrogen-bond acceptors (Lipinski definition) is 3. The van der Waals surface area contributed by atoms with Crippen molar-refractivity contribution in [2.45, 2.75) is 26.2 Å². The molecule has 2 aromatic heterocycles. The zero-order valence-electron chi connectivity index (χ0n) is 31.4. The lowest BCUT2D eigenvalue weighted by Crippen LogP contribution is -2.54. The minimum Gasteiger partial charge on any atom is -0.456 e. The van der Waals surface area contributed by atoms with Crippen LogP contribution in [-0.2, 0) is 5.41 Å². The Morgan fingerprint density at radius 1 is 0.429 bits per heavy atom. The summed E-state index contributed by atoms with van der Waals surface area (Å²) in [5.74, 6) is 0. The van der Waals surface area contributed by atoms with Gasteiger partial charge in [0.05, 0.1) is 5.69 Å². The molecule has 0 amide bonds. The first-order valence-electron chi connectivity index (χ1n) is 19.5. The Kier molecular flexibility index (Phi) is 6.41. The van der Waals surface area contributed by atoms with Crippen molar-refractivity contribution in [3.05, 3.63) is 169 Å². The quantitative estimate of drug-likeness (QED) is 0.170. The molecule has 0 unspecified atom stereocenters. The minimum absolute atomic E-state index is 0.0255. The van der Waals surface area contributed by atoms with E-state index in [1.54, 1.807) is 0 Å². The molecule has 0 radical (unpaired) electrons. The summed E-state index contributed by atoms with van der Waals surface area (Å²) in [6.07, 6.45) is 0. The van der Waals surface area contributed by atoms with Gasteiger partial charge in [-0.15, -0.1) is 0 Å². The van der Waals surface area contributed by atoms with Crippen molar-refractivity contribution in [1.82, 2.24) is 0 Å². The number of rotatable bonds is 3. The zero-order valence-corrected chi connectivity index (χ0v) is 31.4. The summed E-state index contributed by atoms with van der Waals surface area (Å²) in [5, 5.41) is 4.56. The van der Waals surface area contributed by atoms with E-state index in [9.17, 15) is 0 Å². The minimum atomic E-state index is -0.0255. The van der Waals surface area contributed by atoms with E-state index >= 15 is 0 Å². The van der Waals surface area contributed by atoms with E-state index in [0.717, 1.165) is 66.4 Å². The van der Waals surface area contributed by atoms with Gasteiger partial charge >= 0.3 is 0 Å². The van der Waals surface area contributed by atoms with Gasteiger partial charge in [0.15, 0.2) is 0 Å². The molecule has 0 fully saturated rings. The number of benzene rings is 8. The second-order valence-corrected chi connectivity index (χ2v) is 16.4. The van der Waals surface area contributed by atoms with Crippen molar-refractivity contribution in [2.75, 3.05) is 4.90 Å². The van der Waals surface area contributed by atoms with Crippen molar-refractivity contribution in [3.63, 3.8) is 0 Å². The molecular weight excluding hydrogens is 681 g/mol. The van der Waals surface area contributed by atoms with Crippen molar-refractivity contribution >= 4 is 84.0 Å². The fraction of sp³-hybridized carbons (Fsp3) is 0.0769. The average molecular weight is 718 g/mol. The monoisotopic (exact) mass is 717 g/mol. The van der Waals surface area contributed by atoms with Crippen molar-refractivity contribution < 1.29 is 8.83 Å². The molecule has 0 N–H and O–H groups in total. The fourth-order valence-electron chi connectivity index (χ4n) is 9.63. The SMILES string of the molecule is CC(C)(C)c1ccc(N2c3cc4oc5ccccc5c4cc3B3c4ccccc4-c4cc(-c5cccc6oc7ccccc7c56)cc2c43)c(-c2ccccc2)c1. The number of nitrogens with zero attached hydrogens (tertiary/aromatic N) is 1. The predicted molar refractivity (Wildman–Crippen MR) is 235 cm³/mol. The Balaban J connectivity index is 1.22. The van der Waals surface area contributed by atoms with Crippen LogP contribution in [0.25, 0.3) is 77.3 Å². The standard InChI is InChI=1S/C52H36BNO2/c1-52(2,3)33-24-25-43(38(28-33)31-14-5-4-6-15-31)54-44-30-49-39(36-17-8-11-21-46(36)56-49)29-42(44)53-41-20-10-7-16-35(41)40-26-32(27-45(54)51(40)53)34-19-13-23-48-50(34)37-18-9-12-22-47(37)55-48/h4-30H,1-3H3. The normalized spacial score (nSPS) is 13.2. The van der Waals surface area contributed by atoms with Gasteiger partial charge in [-0.1, -0.05) is 141 Å². The number of furan rings is 2. The lowest BCUT2D eigenvalue weighted by molar-refractivity contribution is 0.590. The lowest BCUT2D eigenvalue weighted by Gasteiger charge is -2.38. The van der Waals surface area contributed by atoms with Gasteiger partial charge in [-0.3, -0.25) is 0 Å². The smallest absolute Gasteiger partial charge is 0.248 e. The summed E-state index contributed by atoms with van der Waals surface area (Å²) in [6, 6.07) is 59.8. The molecule has 8 aromatic carbocycles. The molecule has 4 heterocycles. The van der Waals surface area contributed by atoms with Crippen molar-refractivity contribution in [3.8, 4) is 33.4 Å². The maximum Gasteiger partial charge on any atom is 0.248 e. The molecular formula is C52H36BNO2. The van der Waals surface area contributed by atoms with Crippen molar-refractivity contribution in [1.29, 1.82) is 0 Å². The highest BCUT2D eigenvalue weighted by atomic mass is 16.3. The van der Waals surface area contributed by atoms with Crippen LogP contribution in [0.5, 0.6) is 0 Å². The predicted octanol–water partition coefficient (Wildman–Crippen LogP) is 12.4. The largest absolute Gasteiger partial charge is 0.456 e. The first kappa shape index (κ1) is 31.6. The molecule has 2 aliphatic heterocycles. The van der Waals surface area contributed by atoms with E-state index in [0.29, 0.717) is 0 Å². The molecule has 0 atom stereocenters.